The number of hydrogen-bond acceptors (Lipinski definition) is 3. The molecule has 1 atom stereocenters. The van der Waals surface area contributed by atoms with Crippen LogP contribution in [0.25, 0.3) is 0 Å². The van der Waals surface area contributed by atoms with Crippen LogP contribution in [-0.4, -0.2) is 5.91 Å². The maximum absolute atomic E-state index is 12.6. The van der Waals surface area contributed by atoms with Gasteiger partial charge in [0.25, 0.3) is 5.91 Å². The number of aryl methyl sites for hydroxylation is 2. The van der Waals surface area contributed by atoms with Crippen LogP contribution in [0.15, 0.2) is 54.2 Å². The highest BCUT2D eigenvalue weighted by Gasteiger charge is 2.18. The minimum absolute atomic E-state index is 0.0648. The van der Waals surface area contributed by atoms with E-state index in [0.29, 0.717) is 0 Å². The zero-order chi connectivity index (χ0) is 19.9. The number of hydrogen-bond donors (Lipinski definition) is 2. The van der Waals surface area contributed by atoms with Crippen molar-refractivity contribution < 1.29 is 4.79 Å². The van der Waals surface area contributed by atoms with E-state index in [1.165, 1.54) is 30.2 Å². The minimum Gasteiger partial charge on any atom is -0.360 e. The fourth-order valence-corrected chi connectivity index (χ4v) is 3.84. The number of nitriles is 1. The van der Waals surface area contributed by atoms with Crippen LogP contribution in [0.4, 0.5) is 5.69 Å². The second-order valence-corrected chi connectivity index (χ2v) is 8.24. The molecule has 1 amide bonds. The molecular formula is C23H24IN3O. The van der Waals surface area contributed by atoms with Gasteiger partial charge in [0.05, 0.1) is 6.04 Å². The van der Waals surface area contributed by atoms with Gasteiger partial charge in [-0.2, -0.15) is 5.26 Å². The summed E-state index contributed by atoms with van der Waals surface area (Å²) < 4.78 is 1.13. The molecule has 0 spiro atoms. The number of benzene rings is 2. The Hall–Kier alpha value is -2.33. The molecule has 1 aliphatic carbocycles. The lowest BCUT2D eigenvalue weighted by Crippen LogP contribution is -2.29. The first-order chi connectivity index (χ1) is 13.6. The lowest BCUT2D eigenvalue weighted by Gasteiger charge is -2.21. The summed E-state index contributed by atoms with van der Waals surface area (Å²) in [5, 5.41) is 15.5. The Balaban J connectivity index is 1.70. The van der Waals surface area contributed by atoms with Gasteiger partial charge in [-0.15, -0.1) is 0 Å². The van der Waals surface area contributed by atoms with Crippen LogP contribution in [0.2, 0.25) is 0 Å². The molecule has 3 rings (SSSR count). The van der Waals surface area contributed by atoms with Crippen molar-refractivity contribution in [1.82, 2.24) is 5.32 Å². The third-order valence-electron chi connectivity index (χ3n) is 5.08. The molecule has 0 fully saturated rings. The first-order valence-corrected chi connectivity index (χ1v) is 10.7. The van der Waals surface area contributed by atoms with Crippen LogP contribution in [0.5, 0.6) is 0 Å². The quantitative estimate of drug-likeness (QED) is 0.334. The Morgan fingerprint density at radius 2 is 1.89 bits per heavy atom. The van der Waals surface area contributed by atoms with E-state index in [1.54, 1.807) is 0 Å². The van der Waals surface area contributed by atoms with Gasteiger partial charge in [0.15, 0.2) is 0 Å². The average molecular weight is 485 g/mol. The van der Waals surface area contributed by atoms with Crippen molar-refractivity contribution in [1.29, 1.82) is 5.26 Å². The smallest absolute Gasteiger partial charge is 0.263 e. The number of anilines is 1. The van der Waals surface area contributed by atoms with E-state index in [1.807, 2.05) is 37.3 Å². The molecule has 0 bridgehead atoms. The van der Waals surface area contributed by atoms with Crippen molar-refractivity contribution in [2.24, 2.45) is 0 Å². The number of nitrogens with zero attached hydrogens (tertiary/aromatic N) is 1. The van der Waals surface area contributed by atoms with Gasteiger partial charge >= 0.3 is 0 Å². The van der Waals surface area contributed by atoms with Crippen molar-refractivity contribution in [3.05, 3.63) is 74.5 Å². The number of halogens is 1. The molecule has 0 saturated carbocycles. The van der Waals surface area contributed by atoms with Crippen molar-refractivity contribution in [3.8, 4) is 6.07 Å². The second kappa shape index (κ2) is 9.74. The lowest BCUT2D eigenvalue weighted by molar-refractivity contribution is -0.117. The van der Waals surface area contributed by atoms with Crippen molar-refractivity contribution in [2.45, 2.75) is 45.1 Å². The van der Waals surface area contributed by atoms with Gasteiger partial charge in [0.1, 0.15) is 11.6 Å². The molecule has 2 aromatic rings. The largest absolute Gasteiger partial charge is 0.360 e. The molecule has 0 saturated heterocycles. The van der Waals surface area contributed by atoms with E-state index in [0.717, 1.165) is 34.1 Å². The molecule has 2 N–H and O–H groups in total. The standard InChI is InChI=1S/C23H24IN3O/c1-2-22(18-8-7-16-5-3-4-6-17(16)13-18)27-23(28)19(14-25)15-26-21-11-9-20(24)10-12-21/h7-13,15,22,26H,2-6H2,1H3,(H,27,28)/b19-15-. The fourth-order valence-electron chi connectivity index (χ4n) is 3.48. The summed E-state index contributed by atoms with van der Waals surface area (Å²) >= 11 is 2.23. The molecular weight excluding hydrogens is 461 g/mol. The molecule has 1 aliphatic rings. The van der Waals surface area contributed by atoms with Gasteiger partial charge in [-0.25, -0.2) is 0 Å². The zero-order valence-electron chi connectivity index (χ0n) is 16.0. The van der Waals surface area contributed by atoms with Gasteiger partial charge in [-0.1, -0.05) is 25.1 Å². The van der Waals surface area contributed by atoms with Crippen LogP contribution < -0.4 is 10.6 Å². The Labute approximate surface area is 180 Å². The molecule has 5 heteroatoms. The van der Waals surface area contributed by atoms with E-state index in [4.69, 9.17) is 0 Å². The molecule has 0 aromatic heterocycles. The topological polar surface area (TPSA) is 64.9 Å². The van der Waals surface area contributed by atoms with E-state index in [-0.39, 0.29) is 17.5 Å². The minimum atomic E-state index is -0.356. The SMILES string of the molecule is CCC(NC(=O)/C(C#N)=C\Nc1ccc(I)cc1)c1ccc2c(c1)CCCC2. The number of nitrogens with one attached hydrogen (secondary N) is 2. The van der Waals surface area contributed by atoms with E-state index >= 15 is 0 Å². The summed E-state index contributed by atoms with van der Waals surface area (Å²) in [6.07, 6.45) is 6.97. The van der Waals surface area contributed by atoms with E-state index in [2.05, 4.69) is 51.4 Å². The van der Waals surface area contributed by atoms with E-state index < -0.39 is 0 Å². The summed E-state index contributed by atoms with van der Waals surface area (Å²) in [6, 6.07) is 16.2. The molecule has 1 unspecified atom stereocenters. The van der Waals surface area contributed by atoms with Gasteiger partial charge in [0.2, 0.25) is 0 Å². The number of carbonyl (C=O) groups excluding carboxylic acids is 1. The van der Waals surface area contributed by atoms with Crippen LogP contribution in [-0.2, 0) is 17.6 Å². The van der Waals surface area contributed by atoms with Crippen molar-refractivity contribution >= 4 is 34.2 Å². The van der Waals surface area contributed by atoms with Gasteiger partial charge in [0, 0.05) is 15.5 Å². The summed E-state index contributed by atoms with van der Waals surface area (Å²) in [5.41, 5.74) is 4.83. The predicted octanol–water partition coefficient (Wildman–Crippen LogP) is 5.26. The second-order valence-electron chi connectivity index (χ2n) is 6.99. The molecule has 28 heavy (non-hydrogen) atoms. The van der Waals surface area contributed by atoms with Gasteiger partial charge < -0.3 is 10.6 Å². The maximum atomic E-state index is 12.6. The summed E-state index contributed by atoms with van der Waals surface area (Å²) in [5.74, 6) is -0.356. The van der Waals surface area contributed by atoms with Crippen LogP contribution >= 0.6 is 22.6 Å². The molecule has 4 nitrogen and oxygen atoms in total. The Morgan fingerprint density at radius 1 is 1.18 bits per heavy atom. The molecule has 2 aromatic carbocycles. The Bertz CT molecular complexity index is 912. The zero-order valence-corrected chi connectivity index (χ0v) is 18.1. The number of carbonyl (C=O) groups is 1. The van der Waals surface area contributed by atoms with Crippen molar-refractivity contribution in [3.63, 3.8) is 0 Å². The summed E-state index contributed by atoms with van der Waals surface area (Å²) in [4.78, 5) is 12.6. The highest BCUT2D eigenvalue weighted by atomic mass is 127. The molecule has 0 radical (unpaired) electrons. The Morgan fingerprint density at radius 3 is 2.57 bits per heavy atom. The normalized spacial score (nSPS) is 14.5. The third kappa shape index (κ3) is 5.14. The Kier molecular flexibility index (Phi) is 7.10. The first kappa shape index (κ1) is 20.4. The maximum Gasteiger partial charge on any atom is 0.263 e. The highest BCUT2D eigenvalue weighted by molar-refractivity contribution is 14.1. The monoisotopic (exact) mass is 485 g/mol. The molecule has 0 heterocycles. The van der Waals surface area contributed by atoms with Gasteiger partial charge in [-0.05, 0) is 95.7 Å². The fraction of sp³-hybridized carbons (Fsp3) is 0.304. The van der Waals surface area contributed by atoms with Crippen LogP contribution in [0.1, 0.15) is 48.9 Å². The number of rotatable bonds is 6. The lowest BCUT2D eigenvalue weighted by atomic mass is 9.88. The van der Waals surface area contributed by atoms with E-state index in [9.17, 15) is 10.1 Å². The predicted molar refractivity (Wildman–Crippen MR) is 121 cm³/mol. The first-order valence-electron chi connectivity index (χ1n) is 9.65. The van der Waals surface area contributed by atoms with Crippen LogP contribution in [0, 0.1) is 14.9 Å². The highest BCUT2D eigenvalue weighted by Crippen LogP contribution is 2.26. The number of amides is 1. The number of fused-ring (bicyclic) bond motifs is 1. The molecule has 144 valence electrons. The average Bonchev–Trinajstić information content (AvgIpc) is 2.73. The van der Waals surface area contributed by atoms with Gasteiger partial charge in [-0.3, -0.25) is 4.79 Å². The molecule has 0 aliphatic heterocycles. The third-order valence-corrected chi connectivity index (χ3v) is 5.80. The summed E-state index contributed by atoms with van der Waals surface area (Å²) in [7, 11) is 0. The van der Waals surface area contributed by atoms with Crippen LogP contribution in [0.3, 0.4) is 0 Å². The van der Waals surface area contributed by atoms with Crippen molar-refractivity contribution in [2.75, 3.05) is 5.32 Å². The summed E-state index contributed by atoms with van der Waals surface area (Å²) in [6.45, 7) is 2.05.